The largest absolute Gasteiger partial charge is 0.343 e. The maximum absolute atomic E-state index is 10.3. The van der Waals surface area contributed by atoms with Crippen LogP contribution in [0.3, 0.4) is 0 Å². The topological polar surface area (TPSA) is 58.6 Å². The van der Waals surface area contributed by atoms with Crippen LogP contribution in [0.25, 0.3) is 11.0 Å². The van der Waals surface area contributed by atoms with Crippen molar-refractivity contribution in [3.05, 3.63) is 23.8 Å². The van der Waals surface area contributed by atoms with Crippen LogP contribution in [-0.4, -0.2) is 21.2 Å². The molecule has 4 heteroatoms. The Morgan fingerprint density at radius 2 is 2.42 bits per heavy atom. The fourth-order valence-electron chi connectivity index (χ4n) is 1.12. The molecule has 0 aromatic carbocycles. The molecule has 0 aliphatic carbocycles. The first-order valence-corrected chi connectivity index (χ1v) is 3.57. The minimum Gasteiger partial charge on any atom is -0.343 e. The number of nitrogens with one attached hydrogen (secondary N) is 1. The van der Waals surface area contributed by atoms with E-state index < -0.39 is 0 Å². The lowest BCUT2D eigenvalue weighted by Crippen LogP contribution is -1.90. The van der Waals surface area contributed by atoms with Crippen LogP contribution in [-0.2, 0) is 0 Å². The number of aldehydes is 1. The number of hydrogen-bond donors (Lipinski definition) is 1. The lowest BCUT2D eigenvalue weighted by Gasteiger charge is -1.88. The van der Waals surface area contributed by atoms with Crippen molar-refractivity contribution in [3.8, 4) is 0 Å². The highest BCUT2D eigenvalue weighted by Gasteiger charge is 2.00. The van der Waals surface area contributed by atoms with E-state index in [1.54, 1.807) is 6.20 Å². The second-order valence-electron chi connectivity index (χ2n) is 2.60. The summed E-state index contributed by atoms with van der Waals surface area (Å²) in [5.41, 5.74) is 1.73. The number of aryl methyl sites for hydroxylation is 1. The highest BCUT2D eigenvalue weighted by atomic mass is 16.1. The Balaban J connectivity index is 2.74. The predicted octanol–water partition coefficient (Wildman–Crippen LogP) is 1.08. The number of rotatable bonds is 1. The van der Waals surface area contributed by atoms with E-state index >= 15 is 0 Å². The second kappa shape index (κ2) is 2.41. The van der Waals surface area contributed by atoms with Crippen molar-refractivity contribution in [2.45, 2.75) is 6.92 Å². The number of aromatic nitrogens is 3. The van der Waals surface area contributed by atoms with E-state index in [2.05, 4.69) is 15.0 Å². The number of H-pyrrole nitrogens is 1. The van der Waals surface area contributed by atoms with Gasteiger partial charge < -0.3 is 4.98 Å². The molecular formula is C8H7N3O. The average molecular weight is 161 g/mol. The van der Waals surface area contributed by atoms with E-state index in [1.807, 2.05) is 13.0 Å². The SMILES string of the molecule is Cc1cc2cnc(C=O)nc2[nH]1. The number of carbonyl (C=O) groups is 1. The third-order valence-corrected chi connectivity index (χ3v) is 1.63. The molecule has 2 rings (SSSR count). The van der Waals surface area contributed by atoms with Crippen molar-refractivity contribution >= 4 is 17.3 Å². The third kappa shape index (κ3) is 0.972. The molecule has 1 N–H and O–H groups in total. The van der Waals surface area contributed by atoms with E-state index in [0.29, 0.717) is 11.9 Å². The Bertz CT molecular complexity index is 433. The van der Waals surface area contributed by atoms with Crippen LogP contribution >= 0.6 is 0 Å². The summed E-state index contributed by atoms with van der Waals surface area (Å²) in [6.07, 6.45) is 2.27. The predicted molar refractivity (Wildman–Crippen MR) is 44.0 cm³/mol. The number of nitrogens with zero attached hydrogens (tertiary/aromatic N) is 2. The minimum absolute atomic E-state index is 0.212. The average Bonchev–Trinajstić information content (AvgIpc) is 2.43. The van der Waals surface area contributed by atoms with Gasteiger partial charge in [0.15, 0.2) is 12.1 Å². The van der Waals surface area contributed by atoms with Gasteiger partial charge >= 0.3 is 0 Å². The van der Waals surface area contributed by atoms with Crippen molar-refractivity contribution in [3.63, 3.8) is 0 Å². The molecule has 0 bridgehead atoms. The fourth-order valence-corrected chi connectivity index (χ4v) is 1.12. The molecule has 0 saturated carbocycles. The van der Waals surface area contributed by atoms with Crippen molar-refractivity contribution in [1.29, 1.82) is 0 Å². The Labute approximate surface area is 68.7 Å². The van der Waals surface area contributed by atoms with E-state index in [4.69, 9.17) is 0 Å². The summed E-state index contributed by atoms with van der Waals surface area (Å²) in [6, 6.07) is 1.93. The smallest absolute Gasteiger partial charge is 0.194 e. The van der Waals surface area contributed by atoms with Gasteiger partial charge in [0, 0.05) is 17.3 Å². The van der Waals surface area contributed by atoms with Gasteiger partial charge in [-0.05, 0) is 13.0 Å². The molecule has 0 aliphatic heterocycles. The normalized spacial score (nSPS) is 10.4. The summed E-state index contributed by atoms with van der Waals surface area (Å²) in [5.74, 6) is 0.212. The van der Waals surface area contributed by atoms with Crippen LogP contribution in [0.4, 0.5) is 0 Å². The molecule has 2 aromatic heterocycles. The lowest BCUT2D eigenvalue weighted by atomic mass is 10.4. The van der Waals surface area contributed by atoms with Gasteiger partial charge in [0.2, 0.25) is 0 Å². The van der Waals surface area contributed by atoms with Gasteiger partial charge in [-0.25, -0.2) is 9.97 Å². The zero-order valence-corrected chi connectivity index (χ0v) is 6.53. The molecule has 0 radical (unpaired) electrons. The second-order valence-corrected chi connectivity index (χ2v) is 2.60. The number of carbonyl (C=O) groups excluding carboxylic acids is 1. The molecular weight excluding hydrogens is 154 g/mol. The highest BCUT2D eigenvalue weighted by Crippen LogP contribution is 2.10. The molecule has 60 valence electrons. The van der Waals surface area contributed by atoms with Crippen LogP contribution in [0.1, 0.15) is 16.3 Å². The third-order valence-electron chi connectivity index (χ3n) is 1.63. The summed E-state index contributed by atoms with van der Waals surface area (Å²) in [6.45, 7) is 1.93. The van der Waals surface area contributed by atoms with E-state index in [-0.39, 0.29) is 5.82 Å². The molecule has 0 spiro atoms. The maximum atomic E-state index is 10.3. The van der Waals surface area contributed by atoms with E-state index in [9.17, 15) is 4.79 Å². The van der Waals surface area contributed by atoms with E-state index in [0.717, 1.165) is 11.1 Å². The minimum atomic E-state index is 0.212. The Morgan fingerprint density at radius 3 is 3.17 bits per heavy atom. The van der Waals surface area contributed by atoms with Crippen LogP contribution in [0.15, 0.2) is 12.3 Å². The number of aromatic amines is 1. The first-order valence-electron chi connectivity index (χ1n) is 3.57. The summed E-state index contributed by atoms with van der Waals surface area (Å²) in [5, 5.41) is 0.929. The number of fused-ring (bicyclic) bond motifs is 1. The first-order chi connectivity index (χ1) is 5.79. The monoisotopic (exact) mass is 161 g/mol. The first kappa shape index (κ1) is 6.97. The van der Waals surface area contributed by atoms with E-state index in [1.165, 1.54) is 0 Å². The zero-order chi connectivity index (χ0) is 8.55. The van der Waals surface area contributed by atoms with Gasteiger partial charge in [0.25, 0.3) is 0 Å². The summed E-state index contributed by atoms with van der Waals surface area (Å²) in [4.78, 5) is 21.2. The Morgan fingerprint density at radius 1 is 1.58 bits per heavy atom. The van der Waals surface area contributed by atoms with Crippen molar-refractivity contribution in [2.24, 2.45) is 0 Å². The van der Waals surface area contributed by atoms with Gasteiger partial charge in [0.1, 0.15) is 5.65 Å². The molecule has 0 saturated heterocycles. The molecule has 0 atom stereocenters. The van der Waals surface area contributed by atoms with Crippen LogP contribution in [0, 0.1) is 6.92 Å². The molecule has 0 aliphatic rings. The van der Waals surface area contributed by atoms with Crippen molar-refractivity contribution in [2.75, 3.05) is 0 Å². The standard InChI is InChI=1S/C8H7N3O/c1-5-2-6-3-9-7(4-12)11-8(6)10-5/h2-4H,1H3,(H,9,10,11). The zero-order valence-electron chi connectivity index (χ0n) is 6.53. The summed E-state index contributed by atoms with van der Waals surface area (Å²) >= 11 is 0. The van der Waals surface area contributed by atoms with Crippen molar-refractivity contribution in [1.82, 2.24) is 15.0 Å². The molecule has 12 heavy (non-hydrogen) atoms. The van der Waals surface area contributed by atoms with Gasteiger partial charge in [-0.2, -0.15) is 0 Å². The molecule has 0 amide bonds. The quantitative estimate of drug-likeness (QED) is 0.636. The molecule has 0 fully saturated rings. The molecule has 4 nitrogen and oxygen atoms in total. The Hall–Kier alpha value is -1.71. The van der Waals surface area contributed by atoms with Crippen LogP contribution in [0.2, 0.25) is 0 Å². The summed E-state index contributed by atoms with van der Waals surface area (Å²) < 4.78 is 0. The molecule has 2 heterocycles. The van der Waals surface area contributed by atoms with Gasteiger partial charge in [-0.15, -0.1) is 0 Å². The summed E-state index contributed by atoms with van der Waals surface area (Å²) in [7, 11) is 0. The Kier molecular flexibility index (Phi) is 1.40. The van der Waals surface area contributed by atoms with Gasteiger partial charge in [-0.1, -0.05) is 0 Å². The lowest BCUT2D eigenvalue weighted by molar-refractivity contribution is 0.111. The van der Waals surface area contributed by atoms with Gasteiger partial charge in [0.05, 0.1) is 0 Å². The highest BCUT2D eigenvalue weighted by molar-refractivity contribution is 5.79. The van der Waals surface area contributed by atoms with Crippen molar-refractivity contribution < 1.29 is 4.79 Å². The molecule has 2 aromatic rings. The van der Waals surface area contributed by atoms with Crippen LogP contribution in [0.5, 0.6) is 0 Å². The van der Waals surface area contributed by atoms with Gasteiger partial charge in [-0.3, -0.25) is 4.79 Å². The van der Waals surface area contributed by atoms with Crippen LogP contribution < -0.4 is 0 Å². The molecule has 0 unspecified atom stereocenters. The fraction of sp³-hybridized carbons (Fsp3) is 0.125. The number of hydrogen-bond acceptors (Lipinski definition) is 3. The maximum Gasteiger partial charge on any atom is 0.194 e.